The van der Waals surface area contributed by atoms with E-state index in [0.29, 0.717) is 12.2 Å². The van der Waals surface area contributed by atoms with Crippen LogP contribution in [-0.2, 0) is 4.74 Å². The maximum atomic E-state index is 11.4. The first-order valence-electron chi connectivity index (χ1n) is 4.61. The molecule has 0 N–H and O–H groups in total. The maximum absolute atomic E-state index is 11.4. The first-order valence-corrected chi connectivity index (χ1v) is 4.61. The van der Waals surface area contributed by atoms with Gasteiger partial charge in [-0.3, -0.25) is 4.79 Å². The Balaban J connectivity index is 2.45. The lowest BCUT2D eigenvalue weighted by Gasteiger charge is -1.92. The van der Waals surface area contributed by atoms with E-state index < -0.39 is 0 Å². The fraction of sp³-hybridized carbons (Fsp3) is 0.154. The van der Waals surface area contributed by atoms with E-state index in [9.17, 15) is 4.79 Å². The van der Waals surface area contributed by atoms with Crippen LogP contribution < -0.4 is 0 Å². The lowest BCUT2D eigenvalue weighted by Crippen LogP contribution is -1.96. The van der Waals surface area contributed by atoms with Gasteiger partial charge in [0.05, 0.1) is 6.61 Å². The van der Waals surface area contributed by atoms with Gasteiger partial charge in [-0.05, 0) is 5.92 Å². The molecule has 15 heavy (non-hydrogen) atoms. The van der Waals surface area contributed by atoms with E-state index in [1.807, 2.05) is 18.2 Å². The second-order valence-electron chi connectivity index (χ2n) is 2.80. The van der Waals surface area contributed by atoms with Crippen LogP contribution in [0.5, 0.6) is 0 Å². The molecule has 0 atom stereocenters. The third kappa shape index (κ3) is 4.26. The Labute approximate surface area is 89.6 Å². The van der Waals surface area contributed by atoms with E-state index in [-0.39, 0.29) is 12.4 Å². The molecule has 0 aliphatic carbocycles. The van der Waals surface area contributed by atoms with Crippen molar-refractivity contribution < 1.29 is 9.53 Å². The lowest BCUT2D eigenvalue weighted by molar-refractivity contribution is 0.105. The zero-order valence-corrected chi connectivity index (χ0v) is 8.40. The van der Waals surface area contributed by atoms with Gasteiger partial charge in [0.15, 0.2) is 0 Å². The molecule has 1 aromatic rings. The Morgan fingerprint density at radius 2 is 2.13 bits per heavy atom. The standard InChI is InChI=1S/C13H12O2/c1-2-10-15-11-6-9-13(14)12-7-4-3-5-8-12/h2-5,7-8H,1,10-11H2. The van der Waals surface area contributed by atoms with Gasteiger partial charge < -0.3 is 4.74 Å². The monoisotopic (exact) mass is 200 g/mol. The lowest BCUT2D eigenvalue weighted by atomic mass is 10.1. The van der Waals surface area contributed by atoms with E-state index in [1.165, 1.54) is 0 Å². The minimum atomic E-state index is -0.183. The molecule has 1 aromatic carbocycles. The quantitative estimate of drug-likeness (QED) is 0.244. The summed E-state index contributed by atoms with van der Waals surface area (Å²) in [6.45, 7) is 4.21. The molecule has 2 heteroatoms. The normalized spacial score (nSPS) is 8.80. The predicted molar refractivity (Wildman–Crippen MR) is 59.6 cm³/mol. The van der Waals surface area contributed by atoms with Gasteiger partial charge in [-0.2, -0.15) is 0 Å². The van der Waals surface area contributed by atoms with Gasteiger partial charge in [-0.15, -0.1) is 6.58 Å². The van der Waals surface area contributed by atoms with Crippen LogP contribution in [0, 0.1) is 11.8 Å². The second kappa shape index (κ2) is 6.58. The molecule has 0 fully saturated rings. The molecule has 2 nitrogen and oxygen atoms in total. The SMILES string of the molecule is C=CCOCC#CC(=O)c1ccccc1. The number of hydrogen-bond donors (Lipinski definition) is 0. The van der Waals surface area contributed by atoms with Crippen molar-refractivity contribution in [2.75, 3.05) is 13.2 Å². The predicted octanol–water partition coefficient (Wildman–Crippen LogP) is 2.08. The van der Waals surface area contributed by atoms with Crippen LogP contribution in [-0.4, -0.2) is 19.0 Å². The molecular formula is C13H12O2. The average Bonchev–Trinajstić information content (AvgIpc) is 2.30. The average molecular weight is 200 g/mol. The summed E-state index contributed by atoms with van der Waals surface area (Å²) < 4.78 is 5.03. The fourth-order valence-electron chi connectivity index (χ4n) is 0.971. The van der Waals surface area contributed by atoms with E-state index in [2.05, 4.69) is 18.4 Å². The molecule has 0 saturated carbocycles. The summed E-state index contributed by atoms with van der Waals surface area (Å²) in [7, 11) is 0. The van der Waals surface area contributed by atoms with Crippen molar-refractivity contribution in [2.45, 2.75) is 0 Å². The molecule has 0 heterocycles. The summed E-state index contributed by atoms with van der Waals surface area (Å²) in [4.78, 5) is 11.4. The number of carbonyl (C=O) groups excluding carboxylic acids is 1. The molecule has 0 aromatic heterocycles. The summed E-state index contributed by atoms with van der Waals surface area (Å²) >= 11 is 0. The molecule has 0 saturated heterocycles. The Bertz CT molecular complexity index is 382. The molecule has 0 aliphatic heterocycles. The number of ether oxygens (including phenoxy) is 1. The Hall–Kier alpha value is -1.85. The zero-order chi connectivity index (χ0) is 10.9. The highest BCUT2D eigenvalue weighted by molar-refractivity contribution is 6.08. The summed E-state index contributed by atoms with van der Waals surface area (Å²) in [6.07, 6.45) is 1.64. The minimum absolute atomic E-state index is 0.183. The molecule has 0 spiro atoms. The van der Waals surface area contributed by atoms with Gasteiger partial charge in [0.25, 0.3) is 0 Å². The van der Waals surface area contributed by atoms with E-state index in [4.69, 9.17) is 4.74 Å². The van der Waals surface area contributed by atoms with Crippen molar-refractivity contribution in [3.8, 4) is 11.8 Å². The van der Waals surface area contributed by atoms with Crippen LogP contribution in [0.2, 0.25) is 0 Å². The number of Topliss-reactive ketones (excluding diaryl/α,β-unsaturated/α-hetero) is 1. The van der Waals surface area contributed by atoms with Crippen molar-refractivity contribution in [1.29, 1.82) is 0 Å². The summed E-state index contributed by atoms with van der Waals surface area (Å²) in [5.74, 6) is 4.98. The number of ketones is 1. The van der Waals surface area contributed by atoms with Gasteiger partial charge in [0.1, 0.15) is 6.61 Å². The first-order chi connectivity index (χ1) is 7.34. The fourth-order valence-corrected chi connectivity index (χ4v) is 0.971. The Morgan fingerprint density at radius 3 is 2.80 bits per heavy atom. The molecule has 76 valence electrons. The molecule has 0 unspecified atom stereocenters. The minimum Gasteiger partial charge on any atom is -0.365 e. The Kier molecular flexibility index (Phi) is 4.93. The highest BCUT2D eigenvalue weighted by Gasteiger charge is 1.98. The zero-order valence-electron chi connectivity index (χ0n) is 8.40. The van der Waals surface area contributed by atoms with Gasteiger partial charge in [-0.1, -0.05) is 42.3 Å². The van der Waals surface area contributed by atoms with Crippen LogP contribution in [0.3, 0.4) is 0 Å². The van der Waals surface area contributed by atoms with Crippen molar-refractivity contribution in [3.05, 3.63) is 48.6 Å². The smallest absolute Gasteiger partial charge is 0.235 e. The highest BCUT2D eigenvalue weighted by Crippen LogP contribution is 1.98. The van der Waals surface area contributed by atoms with E-state index in [1.54, 1.807) is 18.2 Å². The molecule has 0 bridgehead atoms. The number of hydrogen-bond acceptors (Lipinski definition) is 2. The highest BCUT2D eigenvalue weighted by atomic mass is 16.5. The van der Waals surface area contributed by atoms with Crippen LogP contribution in [0.4, 0.5) is 0 Å². The number of benzene rings is 1. The van der Waals surface area contributed by atoms with Crippen LogP contribution in [0.15, 0.2) is 43.0 Å². The molecule has 1 rings (SSSR count). The van der Waals surface area contributed by atoms with Gasteiger partial charge in [-0.25, -0.2) is 0 Å². The molecular weight excluding hydrogens is 188 g/mol. The number of rotatable bonds is 4. The topological polar surface area (TPSA) is 26.3 Å². The van der Waals surface area contributed by atoms with Crippen LogP contribution in [0.1, 0.15) is 10.4 Å². The molecule has 0 amide bonds. The largest absolute Gasteiger partial charge is 0.365 e. The Morgan fingerprint density at radius 1 is 1.40 bits per heavy atom. The first kappa shape index (κ1) is 11.2. The molecule has 0 aliphatic rings. The summed E-state index contributed by atoms with van der Waals surface area (Å²) in [5, 5.41) is 0. The second-order valence-corrected chi connectivity index (χ2v) is 2.80. The van der Waals surface area contributed by atoms with Gasteiger partial charge in [0.2, 0.25) is 5.78 Å². The van der Waals surface area contributed by atoms with Crippen molar-refractivity contribution >= 4 is 5.78 Å². The van der Waals surface area contributed by atoms with E-state index >= 15 is 0 Å². The maximum Gasteiger partial charge on any atom is 0.235 e. The van der Waals surface area contributed by atoms with Crippen molar-refractivity contribution in [3.63, 3.8) is 0 Å². The van der Waals surface area contributed by atoms with E-state index in [0.717, 1.165) is 0 Å². The van der Waals surface area contributed by atoms with Crippen LogP contribution >= 0.6 is 0 Å². The van der Waals surface area contributed by atoms with Crippen molar-refractivity contribution in [2.24, 2.45) is 0 Å². The molecule has 0 radical (unpaired) electrons. The van der Waals surface area contributed by atoms with Gasteiger partial charge >= 0.3 is 0 Å². The third-order valence-corrected chi connectivity index (χ3v) is 1.65. The summed E-state index contributed by atoms with van der Waals surface area (Å²) in [6, 6.07) is 8.95. The summed E-state index contributed by atoms with van der Waals surface area (Å²) in [5.41, 5.74) is 0.605. The van der Waals surface area contributed by atoms with Crippen molar-refractivity contribution in [1.82, 2.24) is 0 Å². The van der Waals surface area contributed by atoms with Gasteiger partial charge in [0, 0.05) is 5.56 Å². The number of carbonyl (C=O) groups is 1. The third-order valence-electron chi connectivity index (χ3n) is 1.65. The van der Waals surface area contributed by atoms with Crippen LogP contribution in [0.25, 0.3) is 0 Å².